The number of amides is 1. The third-order valence-corrected chi connectivity index (χ3v) is 7.47. The van der Waals surface area contributed by atoms with E-state index in [-0.39, 0.29) is 17.1 Å². The summed E-state index contributed by atoms with van der Waals surface area (Å²) in [6, 6.07) is 10.5. The number of nitrogens with one attached hydrogen (secondary N) is 1. The van der Waals surface area contributed by atoms with Crippen LogP contribution in [0.3, 0.4) is 0 Å². The number of likely N-dealkylation sites (tertiary alicyclic amines) is 1. The highest BCUT2D eigenvalue weighted by atomic mass is 19.1. The van der Waals surface area contributed by atoms with Crippen molar-refractivity contribution >= 4 is 17.4 Å². The van der Waals surface area contributed by atoms with E-state index < -0.39 is 0 Å². The van der Waals surface area contributed by atoms with E-state index in [9.17, 15) is 9.18 Å². The van der Waals surface area contributed by atoms with Crippen LogP contribution in [0.15, 0.2) is 48.9 Å². The maximum Gasteiger partial charge on any atom is 0.228 e. The molecule has 9 heteroatoms. The summed E-state index contributed by atoms with van der Waals surface area (Å²) in [6.45, 7) is 4.69. The Morgan fingerprint density at radius 3 is 2.86 bits per heavy atom. The monoisotopic (exact) mass is 489 g/mol. The van der Waals surface area contributed by atoms with E-state index in [0.717, 1.165) is 62.6 Å². The number of ether oxygens (including phenoxy) is 2. The molecule has 2 aromatic carbocycles. The van der Waals surface area contributed by atoms with Crippen molar-refractivity contribution in [3.8, 4) is 17.2 Å². The van der Waals surface area contributed by atoms with Gasteiger partial charge in [-0.3, -0.25) is 9.69 Å². The third kappa shape index (κ3) is 4.35. The number of nitrogens with zero attached hydrogens (tertiary/aromatic N) is 4. The number of fused-ring (bicyclic) bond motifs is 1. The van der Waals surface area contributed by atoms with Gasteiger partial charge in [0.2, 0.25) is 5.91 Å². The number of methoxy groups -OCH3 is 1. The van der Waals surface area contributed by atoms with Gasteiger partial charge in [0.15, 0.2) is 23.1 Å². The summed E-state index contributed by atoms with van der Waals surface area (Å²) in [5, 5.41) is 2.95. The minimum absolute atomic E-state index is 0.0688. The van der Waals surface area contributed by atoms with E-state index >= 15 is 0 Å². The average Bonchev–Trinajstić information content (AvgIpc) is 3.58. The molecule has 1 spiro atoms. The number of hydrogen-bond donors (Lipinski definition) is 1. The molecule has 0 saturated carbocycles. The number of carbonyl (C=O) groups excluding carboxylic acids is 1. The average molecular weight is 490 g/mol. The lowest BCUT2D eigenvalue weighted by molar-refractivity contribution is -0.115. The normalized spacial score (nSPS) is 21.2. The molecule has 186 valence electrons. The van der Waals surface area contributed by atoms with Gasteiger partial charge >= 0.3 is 0 Å². The molecule has 0 aliphatic carbocycles. The molecule has 1 unspecified atom stereocenters. The van der Waals surface area contributed by atoms with Crippen molar-refractivity contribution in [2.45, 2.75) is 25.8 Å². The van der Waals surface area contributed by atoms with Gasteiger partial charge in [-0.2, -0.15) is 0 Å². The maximum atomic E-state index is 13.6. The van der Waals surface area contributed by atoms with E-state index in [0.29, 0.717) is 23.7 Å². The number of carbonyl (C=O) groups is 1. The fourth-order valence-corrected chi connectivity index (χ4v) is 5.69. The Hall–Kier alpha value is -3.72. The van der Waals surface area contributed by atoms with Gasteiger partial charge in [0, 0.05) is 43.3 Å². The van der Waals surface area contributed by atoms with E-state index in [4.69, 9.17) is 9.47 Å². The minimum Gasteiger partial charge on any atom is -0.493 e. The molecule has 1 N–H and O–H groups in total. The number of aromatic nitrogens is 2. The second-order valence-electron chi connectivity index (χ2n) is 9.96. The zero-order valence-electron chi connectivity index (χ0n) is 20.2. The summed E-state index contributed by atoms with van der Waals surface area (Å²) >= 11 is 0. The van der Waals surface area contributed by atoms with Crippen LogP contribution in [0, 0.1) is 11.2 Å². The van der Waals surface area contributed by atoms with Gasteiger partial charge in [-0.25, -0.2) is 14.4 Å². The Bertz CT molecular complexity index is 1320. The molecular weight excluding hydrogens is 461 g/mol. The number of anilines is 2. The third-order valence-electron chi connectivity index (χ3n) is 7.47. The van der Waals surface area contributed by atoms with Crippen molar-refractivity contribution in [2.75, 3.05) is 43.5 Å². The Morgan fingerprint density at radius 2 is 1.97 bits per heavy atom. The van der Waals surface area contributed by atoms with E-state index in [1.54, 1.807) is 12.3 Å². The van der Waals surface area contributed by atoms with Crippen LogP contribution in [0.4, 0.5) is 15.9 Å². The van der Waals surface area contributed by atoms with Gasteiger partial charge in [0.05, 0.1) is 19.7 Å². The quantitative estimate of drug-likeness (QED) is 0.560. The first kappa shape index (κ1) is 22.7. The summed E-state index contributed by atoms with van der Waals surface area (Å²) in [4.78, 5) is 25.1. The zero-order chi connectivity index (χ0) is 24.7. The summed E-state index contributed by atoms with van der Waals surface area (Å²) in [5.41, 5.74) is 3.45. The van der Waals surface area contributed by atoms with Crippen LogP contribution in [-0.2, 0) is 17.8 Å². The highest BCUT2D eigenvalue weighted by Crippen LogP contribution is 2.44. The Kier molecular flexibility index (Phi) is 5.72. The number of benzene rings is 2. The largest absolute Gasteiger partial charge is 0.493 e. The molecule has 3 aliphatic heterocycles. The molecule has 36 heavy (non-hydrogen) atoms. The van der Waals surface area contributed by atoms with Crippen molar-refractivity contribution in [2.24, 2.45) is 5.41 Å². The standard InChI is InChI=1S/C27H28FN5O3/c1-35-23-12-20(28)4-5-22(23)36-24-13-29-17-30-26(24)33-9-7-27(16-33)6-8-32(15-27)14-18-2-3-19-11-25(34)31-21(19)10-18/h2-5,10,12-13,17H,6-9,11,14-16H2,1H3,(H,31,34). The zero-order valence-corrected chi connectivity index (χ0v) is 20.2. The van der Waals surface area contributed by atoms with Crippen LogP contribution < -0.4 is 19.7 Å². The van der Waals surface area contributed by atoms with Gasteiger partial charge in [-0.1, -0.05) is 12.1 Å². The second-order valence-corrected chi connectivity index (χ2v) is 9.96. The first-order chi connectivity index (χ1) is 17.5. The van der Waals surface area contributed by atoms with Crippen molar-refractivity contribution < 1.29 is 18.7 Å². The molecule has 3 aliphatic rings. The summed E-state index contributed by atoms with van der Waals surface area (Å²) in [7, 11) is 1.49. The molecule has 1 atom stereocenters. The predicted octanol–water partition coefficient (Wildman–Crippen LogP) is 4.01. The van der Waals surface area contributed by atoms with Crippen molar-refractivity contribution in [1.82, 2.24) is 14.9 Å². The predicted molar refractivity (Wildman–Crippen MR) is 133 cm³/mol. The van der Waals surface area contributed by atoms with Crippen molar-refractivity contribution in [3.63, 3.8) is 0 Å². The highest BCUT2D eigenvalue weighted by molar-refractivity contribution is 5.99. The molecule has 2 fully saturated rings. The van der Waals surface area contributed by atoms with Crippen LogP contribution in [0.25, 0.3) is 0 Å². The fourth-order valence-electron chi connectivity index (χ4n) is 5.69. The molecule has 0 radical (unpaired) electrons. The van der Waals surface area contributed by atoms with Gasteiger partial charge in [-0.05, 0) is 48.7 Å². The van der Waals surface area contributed by atoms with Gasteiger partial charge in [-0.15, -0.1) is 0 Å². The lowest BCUT2D eigenvalue weighted by Crippen LogP contribution is -2.31. The molecule has 3 aromatic rings. The van der Waals surface area contributed by atoms with E-state index in [1.165, 1.54) is 31.1 Å². The Balaban J connectivity index is 1.14. The number of hydrogen-bond acceptors (Lipinski definition) is 7. The van der Waals surface area contributed by atoms with Gasteiger partial charge in [0.25, 0.3) is 0 Å². The smallest absolute Gasteiger partial charge is 0.228 e. The van der Waals surface area contributed by atoms with Crippen molar-refractivity contribution in [1.29, 1.82) is 0 Å². The first-order valence-electron chi connectivity index (χ1n) is 12.2. The molecule has 8 nitrogen and oxygen atoms in total. The Morgan fingerprint density at radius 1 is 1.08 bits per heavy atom. The summed E-state index contributed by atoms with van der Waals surface area (Å²) in [6.07, 6.45) is 5.85. The van der Waals surface area contributed by atoms with Gasteiger partial charge in [0.1, 0.15) is 12.1 Å². The van der Waals surface area contributed by atoms with Crippen LogP contribution in [0.5, 0.6) is 17.2 Å². The van der Waals surface area contributed by atoms with Crippen LogP contribution in [-0.4, -0.2) is 54.1 Å². The van der Waals surface area contributed by atoms with Crippen LogP contribution >= 0.6 is 0 Å². The molecule has 1 amide bonds. The van der Waals surface area contributed by atoms with E-state index in [2.05, 4.69) is 43.3 Å². The summed E-state index contributed by atoms with van der Waals surface area (Å²) < 4.78 is 25.0. The number of rotatable bonds is 6. The molecule has 4 heterocycles. The SMILES string of the molecule is COc1cc(F)ccc1Oc1cncnc1N1CCC2(CCN(Cc3ccc4c(c3)NC(=O)C4)C2)C1. The lowest BCUT2D eigenvalue weighted by Gasteiger charge is -2.26. The highest BCUT2D eigenvalue weighted by Gasteiger charge is 2.44. The summed E-state index contributed by atoms with van der Waals surface area (Å²) in [5.74, 6) is 1.68. The topological polar surface area (TPSA) is 79.8 Å². The lowest BCUT2D eigenvalue weighted by atomic mass is 9.86. The molecule has 0 bridgehead atoms. The first-order valence-corrected chi connectivity index (χ1v) is 12.2. The van der Waals surface area contributed by atoms with Crippen LogP contribution in [0.1, 0.15) is 24.0 Å². The minimum atomic E-state index is -0.388. The fraction of sp³-hybridized carbons (Fsp3) is 0.370. The van der Waals surface area contributed by atoms with Crippen LogP contribution in [0.2, 0.25) is 0 Å². The van der Waals surface area contributed by atoms with Crippen molar-refractivity contribution in [3.05, 3.63) is 65.9 Å². The second kappa shape index (κ2) is 9.05. The Labute approximate surface area is 209 Å². The molecule has 6 rings (SSSR count). The van der Waals surface area contributed by atoms with Gasteiger partial charge < -0.3 is 19.7 Å². The molecule has 1 aromatic heterocycles. The number of halogens is 1. The molecular formula is C27H28FN5O3. The van der Waals surface area contributed by atoms with E-state index in [1.807, 2.05) is 0 Å². The molecule has 2 saturated heterocycles. The maximum absolute atomic E-state index is 13.6.